The van der Waals surface area contributed by atoms with Gasteiger partial charge in [-0.15, -0.1) is 0 Å². The lowest BCUT2D eigenvalue weighted by Crippen LogP contribution is -2.35. The third-order valence-electron chi connectivity index (χ3n) is 3.52. The summed E-state index contributed by atoms with van der Waals surface area (Å²) >= 11 is 0. The standard InChI is InChI=1S/C17H15N3O7/c1-2-27-17(22)15(11-6-4-3-5-7-11)18-16(21)12-8-13(19(23)24)10-14(9-12)20(25)26/h3-10,15H,2H2,1H3,(H,18,21)/t15-/m0/s1. The van der Waals surface area contributed by atoms with E-state index in [4.69, 9.17) is 4.74 Å². The van der Waals surface area contributed by atoms with E-state index in [2.05, 4.69) is 5.32 Å². The van der Waals surface area contributed by atoms with E-state index in [1.165, 1.54) is 0 Å². The molecule has 140 valence electrons. The van der Waals surface area contributed by atoms with Crippen molar-refractivity contribution >= 4 is 23.3 Å². The normalized spacial score (nSPS) is 11.3. The maximum atomic E-state index is 12.5. The number of non-ortho nitro benzene ring substituents is 2. The molecule has 27 heavy (non-hydrogen) atoms. The number of nitrogens with zero attached hydrogens (tertiary/aromatic N) is 2. The fourth-order valence-electron chi connectivity index (χ4n) is 2.30. The summed E-state index contributed by atoms with van der Waals surface area (Å²) in [6, 6.07) is 9.60. The van der Waals surface area contributed by atoms with E-state index in [-0.39, 0.29) is 12.2 Å². The molecule has 0 aromatic heterocycles. The van der Waals surface area contributed by atoms with Crippen molar-refractivity contribution in [1.29, 1.82) is 0 Å². The van der Waals surface area contributed by atoms with Gasteiger partial charge in [-0.1, -0.05) is 30.3 Å². The van der Waals surface area contributed by atoms with E-state index in [9.17, 15) is 29.8 Å². The van der Waals surface area contributed by atoms with Crippen LogP contribution in [0.1, 0.15) is 28.9 Å². The molecule has 10 nitrogen and oxygen atoms in total. The summed E-state index contributed by atoms with van der Waals surface area (Å²) in [5.74, 6) is -1.61. The van der Waals surface area contributed by atoms with Gasteiger partial charge >= 0.3 is 5.97 Å². The van der Waals surface area contributed by atoms with Crippen molar-refractivity contribution in [2.45, 2.75) is 13.0 Å². The minimum Gasteiger partial charge on any atom is -0.464 e. The highest BCUT2D eigenvalue weighted by molar-refractivity contribution is 5.98. The van der Waals surface area contributed by atoms with Crippen LogP contribution in [0.3, 0.4) is 0 Å². The van der Waals surface area contributed by atoms with Gasteiger partial charge < -0.3 is 10.1 Å². The summed E-state index contributed by atoms with van der Waals surface area (Å²) in [5, 5.41) is 24.3. The van der Waals surface area contributed by atoms with Crippen molar-refractivity contribution in [3.05, 3.63) is 79.9 Å². The monoisotopic (exact) mass is 373 g/mol. The van der Waals surface area contributed by atoms with Gasteiger partial charge in [0.2, 0.25) is 0 Å². The number of nitrogens with one attached hydrogen (secondary N) is 1. The van der Waals surface area contributed by atoms with Gasteiger partial charge in [0.1, 0.15) is 0 Å². The highest BCUT2D eigenvalue weighted by Gasteiger charge is 2.26. The first-order valence-corrected chi connectivity index (χ1v) is 7.79. The number of esters is 1. The topological polar surface area (TPSA) is 142 Å². The van der Waals surface area contributed by atoms with Crippen LogP contribution in [-0.4, -0.2) is 28.3 Å². The van der Waals surface area contributed by atoms with Crippen molar-refractivity contribution < 1.29 is 24.2 Å². The molecule has 1 N–H and O–H groups in total. The lowest BCUT2D eigenvalue weighted by molar-refractivity contribution is -0.394. The van der Waals surface area contributed by atoms with Crippen LogP contribution in [0, 0.1) is 20.2 Å². The summed E-state index contributed by atoms with van der Waals surface area (Å²) < 4.78 is 4.95. The first kappa shape index (κ1) is 19.5. The quantitative estimate of drug-likeness (QED) is 0.446. The summed E-state index contributed by atoms with van der Waals surface area (Å²) in [4.78, 5) is 45.0. The van der Waals surface area contributed by atoms with Crippen molar-refractivity contribution in [2.75, 3.05) is 6.61 Å². The number of rotatable bonds is 7. The zero-order valence-electron chi connectivity index (χ0n) is 14.2. The average Bonchev–Trinajstić information content (AvgIpc) is 2.66. The lowest BCUT2D eigenvalue weighted by atomic mass is 10.1. The van der Waals surface area contributed by atoms with Crippen molar-refractivity contribution in [3.63, 3.8) is 0 Å². The maximum absolute atomic E-state index is 12.5. The Morgan fingerprint density at radius 2 is 1.59 bits per heavy atom. The van der Waals surface area contributed by atoms with E-state index in [1.54, 1.807) is 37.3 Å². The Kier molecular flexibility index (Phi) is 6.15. The molecule has 0 saturated carbocycles. The van der Waals surface area contributed by atoms with Crippen LogP contribution < -0.4 is 5.32 Å². The molecule has 1 atom stereocenters. The van der Waals surface area contributed by atoms with Gasteiger partial charge in [-0.2, -0.15) is 0 Å². The molecule has 2 aromatic carbocycles. The first-order valence-electron chi connectivity index (χ1n) is 7.79. The van der Waals surface area contributed by atoms with Crippen LogP contribution in [0.15, 0.2) is 48.5 Å². The van der Waals surface area contributed by atoms with E-state index in [1.807, 2.05) is 0 Å². The summed E-state index contributed by atoms with van der Waals surface area (Å²) in [6.45, 7) is 1.69. The molecule has 10 heteroatoms. The zero-order valence-corrected chi connectivity index (χ0v) is 14.2. The molecule has 0 aliphatic heterocycles. The van der Waals surface area contributed by atoms with Gasteiger partial charge in [0, 0.05) is 12.1 Å². The van der Waals surface area contributed by atoms with Crippen LogP contribution >= 0.6 is 0 Å². The molecule has 0 radical (unpaired) electrons. The number of nitro benzene ring substituents is 2. The molecule has 0 bridgehead atoms. The Balaban J connectivity index is 2.38. The van der Waals surface area contributed by atoms with Crippen molar-refractivity contribution in [3.8, 4) is 0 Å². The molecule has 0 fully saturated rings. The molecule has 0 unspecified atom stereocenters. The third kappa shape index (κ3) is 4.84. The maximum Gasteiger partial charge on any atom is 0.333 e. The fraction of sp³-hybridized carbons (Fsp3) is 0.176. The van der Waals surface area contributed by atoms with Crippen LogP contribution in [0.4, 0.5) is 11.4 Å². The molecule has 2 rings (SSSR count). The number of amides is 1. The number of carbonyl (C=O) groups excluding carboxylic acids is 2. The third-order valence-corrected chi connectivity index (χ3v) is 3.52. The summed E-state index contributed by atoms with van der Waals surface area (Å²) in [7, 11) is 0. The average molecular weight is 373 g/mol. The van der Waals surface area contributed by atoms with E-state index in [0.29, 0.717) is 5.56 Å². The predicted octanol–water partition coefficient (Wildman–Crippen LogP) is 2.54. The fourth-order valence-corrected chi connectivity index (χ4v) is 2.30. The summed E-state index contributed by atoms with van der Waals surface area (Å²) in [6.07, 6.45) is 0. The van der Waals surface area contributed by atoms with Crippen molar-refractivity contribution in [2.24, 2.45) is 0 Å². The molecule has 0 saturated heterocycles. The van der Waals surface area contributed by atoms with Gasteiger partial charge in [0.05, 0.1) is 28.1 Å². The minimum absolute atomic E-state index is 0.0836. The molecular formula is C17H15N3O7. The Labute approximate surface area is 153 Å². The Bertz CT molecular complexity index is 851. The predicted molar refractivity (Wildman–Crippen MR) is 93.0 cm³/mol. The number of hydrogen-bond acceptors (Lipinski definition) is 7. The van der Waals surface area contributed by atoms with E-state index in [0.717, 1.165) is 18.2 Å². The molecule has 0 spiro atoms. The second-order valence-corrected chi connectivity index (χ2v) is 5.32. The molecule has 2 aromatic rings. The van der Waals surface area contributed by atoms with Crippen LogP contribution in [0.25, 0.3) is 0 Å². The minimum atomic E-state index is -1.17. The zero-order chi connectivity index (χ0) is 20.0. The Morgan fingerprint density at radius 1 is 1.04 bits per heavy atom. The van der Waals surface area contributed by atoms with Crippen molar-refractivity contribution in [1.82, 2.24) is 5.32 Å². The Morgan fingerprint density at radius 3 is 2.07 bits per heavy atom. The number of carbonyl (C=O) groups is 2. The molecule has 0 aliphatic carbocycles. The summed E-state index contributed by atoms with van der Waals surface area (Å²) in [5.41, 5.74) is -1.10. The van der Waals surface area contributed by atoms with Crippen LogP contribution in [-0.2, 0) is 9.53 Å². The molecule has 0 heterocycles. The SMILES string of the molecule is CCOC(=O)[C@@H](NC(=O)c1cc([N+](=O)[O-])cc([N+](=O)[O-])c1)c1ccccc1. The second kappa shape index (κ2) is 8.52. The van der Waals surface area contributed by atoms with Crippen LogP contribution in [0.5, 0.6) is 0 Å². The van der Waals surface area contributed by atoms with Gasteiger partial charge in [-0.3, -0.25) is 25.0 Å². The number of nitro groups is 2. The molecular weight excluding hydrogens is 358 g/mol. The van der Waals surface area contributed by atoms with Crippen LogP contribution in [0.2, 0.25) is 0 Å². The van der Waals surface area contributed by atoms with Gasteiger partial charge in [0.15, 0.2) is 6.04 Å². The lowest BCUT2D eigenvalue weighted by Gasteiger charge is -2.17. The van der Waals surface area contributed by atoms with E-state index < -0.39 is 39.1 Å². The van der Waals surface area contributed by atoms with Gasteiger partial charge in [-0.25, -0.2) is 4.79 Å². The number of benzene rings is 2. The second-order valence-electron chi connectivity index (χ2n) is 5.32. The Hall–Kier alpha value is -3.82. The van der Waals surface area contributed by atoms with E-state index >= 15 is 0 Å². The number of hydrogen-bond donors (Lipinski definition) is 1. The first-order chi connectivity index (χ1) is 12.8. The largest absolute Gasteiger partial charge is 0.464 e. The highest BCUT2D eigenvalue weighted by atomic mass is 16.6. The molecule has 0 aliphatic rings. The highest BCUT2D eigenvalue weighted by Crippen LogP contribution is 2.23. The van der Waals surface area contributed by atoms with Gasteiger partial charge in [-0.05, 0) is 12.5 Å². The number of ether oxygens (including phenoxy) is 1. The van der Waals surface area contributed by atoms with Gasteiger partial charge in [0.25, 0.3) is 17.3 Å². The smallest absolute Gasteiger partial charge is 0.333 e. The molecule has 1 amide bonds.